The maximum Gasteiger partial charge on any atom is 0.254 e. The van der Waals surface area contributed by atoms with Gasteiger partial charge < -0.3 is 10.4 Å². The number of aliphatic hydroxyl groups is 1. The summed E-state index contributed by atoms with van der Waals surface area (Å²) in [5.41, 5.74) is 1.23. The quantitative estimate of drug-likeness (QED) is 0.865. The van der Waals surface area contributed by atoms with Crippen LogP contribution >= 0.6 is 0 Å². The van der Waals surface area contributed by atoms with Gasteiger partial charge >= 0.3 is 0 Å². The molecule has 1 aromatic rings. The molecule has 0 spiro atoms. The van der Waals surface area contributed by atoms with E-state index in [0.717, 1.165) is 5.69 Å². The van der Waals surface area contributed by atoms with Crippen molar-refractivity contribution in [3.8, 4) is 0 Å². The summed E-state index contributed by atoms with van der Waals surface area (Å²) in [4.78, 5) is 12.2. The first-order valence-corrected chi connectivity index (χ1v) is 7.13. The smallest absolute Gasteiger partial charge is 0.254 e. The standard InChI is InChI=1S/C15H27N3O2/c1-10(2)12(19)7-8-16-14(20)11-9-18(6)17-13(11)15(3,4)5/h9-10,12,19H,7-8H2,1-6H3,(H,16,20). The van der Waals surface area contributed by atoms with Crippen molar-refractivity contribution in [3.63, 3.8) is 0 Å². The number of carbonyl (C=O) groups is 1. The first-order valence-electron chi connectivity index (χ1n) is 7.13. The van der Waals surface area contributed by atoms with Gasteiger partial charge in [0.25, 0.3) is 5.91 Å². The van der Waals surface area contributed by atoms with Crippen LogP contribution in [0.25, 0.3) is 0 Å². The van der Waals surface area contributed by atoms with E-state index in [4.69, 9.17) is 0 Å². The molecular formula is C15H27N3O2. The van der Waals surface area contributed by atoms with Gasteiger partial charge in [0, 0.05) is 25.2 Å². The van der Waals surface area contributed by atoms with Gasteiger partial charge in [-0.2, -0.15) is 5.10 Å². The molecule has 2 N–H and O–H groups in total. The number of aliphatic hydroxyl groups excluding tert-OH is 1. The summed E-state index contributed by atoms with van der Waals surface area (Å²) in [6, 6.07) is 0. The summed E-state index contributed by atoms with van der Waals surface area (Å²) in [6.07, 6.45) is 1.93. The van der Waals surface area contributed by atoms with Crippen molar-refractivity contribution in [1.29, 1.82) is 0 Å². The molecule has 5 heteroatoms. The topological polar surface area (TPSA) is 67.2 Å². The molecule has 0 aliphatic rings. The number of nitrogens with zero attached hydrogens (tertiary/aromatic N) is 2. The minimum atomic E-state index is -0.383. The molecule has 0 aromatic carbocycles. The van der Waals surface area contributed by atoms with E-state index in [1.165, 1.54) is 0 Å². The molecule has 1 rings (SSSR count). The van der Waals surface area contributed by atoms with Crippen molar-refractivity contribution >= 4 is 5.91 Å². The highest BCUT2D eigenvalue weighted by molar-refractivity contribution is 5.95. The summed E-state index contributed by atoms with van der Waals surface area (Å²) < 4.78 is 1.67. The van der Waals surface area contributed by atoms with Crippen LogP contribution in [-0.2, 0) is 12.5 Å². The molecule has 1 amide bonds. The molecular weight excluding hydrogens is 254 g/mol. The monoisotopic (exact) mass is 281 g/mol. The van der Waals surface area contributed by atoms with Gasteiger partial charge in [-0.05, 0) is 12.3 Å². The van der Waals surface area contributed by atoms with E-state index in [0.29, 0.717) is 18.5 Å². The number of aromatic nitrogens is 2. The minimum Gasteiger partial charge on any atom is -0.393 e. The van der Waals surface area contributed by atoms with Crippen molar-refractivity contribution in [2.24, 2.45) is 13.0 Å². The normalized spacial score (nSPS) is 13.6. The lowest BCUT2D eigenvalue weighted by molar-refractivity contribution is 0.0918. The average Bonchev–Trinajstić information content (AvgIpc) is 2.70. The Kier molecular flexibility index (Phi) is 5.34. The fourth-order valence-electron chi connectivity index (χ4n) is 1.97. The third-order valence-electron chi connectivity index (χ3n) is 3.28. The van der Waals surface area contributed by atoms with Crippen LogP contribution in [0.2, 0.25) is 0 Å². The van der Waals surface area contributed by atoms with Crippen LogP contribution in [0.5, 0.6) is 0 Å². The van der Waals surface area contributed by atoms with Gasteiger partial charge in [0.05, 0.1) is 17.4 Å². The molecule has 0 fully saturated rings. The van der Waals surface area contributed by atoms with Crippen molar-refractivity contribution in [1.82, 2.24) is 15.1 Å². The number of carbonyl (C=O) groups excluding carboxylic acids is 1. The number of rotatable bonds is 5. The highest BCUT2D eigenvalue weighted by atomic mass is 16.3. The van der Waals surface area contributed by atoms with E-state index in [1.54, 1.807) is 10.9 Å². The van der Waals surface area contributed by atoms with Crippen LogP contribution in [0, 0.1) is 5.92 Å². The third kappa shape index (κ3) is 4.34. The molecule has 0 saturated carbocycles. The zero-order valence-electron chi connectivity index (χ0n) is 13.4. The van der Waals surface area contributed by atoms with Gasteiger partial charge in [0.2, 0.25) is 0 Å². The number of hydrogen-bond acceptors (Lipinski definition) is 3. The molecule has 1 heterocycles. The fourth-order valence-corrected chi connectivity index (χ4v) is 1.97. The third-order valence-corrected chi connectivity index (χ3v) is 3.28. The van der Waals surface area contributed by atoms with E-state index >= 15 is 0 Å². The molecule has 0 radical (unpaired) electrons. The second kappa shape index (κ2) is 6.39. The Morgan fingerprint density at radius 1 is 1.45 bits per heavy atom. The Labute approximate surface area is 121 Å². The number of nitrogens with one attached hydrogen (secondary N) is 1. The van der Waals surface area contributed by atoms with Crippen LogP contribution in [0.15, 0.2) is 6.20 Å². The number of hydrogen-bond donors (Lipinski definition) is 2. The maximum absolute atomic E-state index is 12.2. The van der Waals surface area contributed by atoms with Crippen molar-refractivity contribution < 1.29 is 9.90 Å². The molecule has 20 heavy (non-hydrogen) atoms. The van der Waals surface area contributed by atoms with Crippen molar-refractivity contribution in [2.75, 3.05) is 6.54 Å². The lowest BCUT2D eigenvalue weighted by atomic mass is 9.89. The molecule has 114 valence electrons. The zero-order valence-corrected chi connectivity index (χ0v) is 13.4. The van der Waals surface area contributed by atoms with Crippen LogP contribution in [0.3, 0.4) is 0 Å². The Morgan fingerprint density at radius 3 is 2.55 bits per heavy atom. The van der Waals surface area contributed by atoms with E-state index < -0.39 is 0 Å². The summed E-state index contributed by atoms with van der Waals surface area (Å²) in [6.45, 7) is 10.5. The SMILES string of the molecule is CC(C)C(O)CCNC(=O)c1cn(C)nc1C(C)(C)C. The molecule has 0 aliphatic heterocycles. The Hall–Kier alpha value is -1.36. The first kappa shape index (κ1) is 16.7. The maximum atomic E-state index is 12.2. The van der Waals surface area contributed by atoms with E-state index in [-0.39, 0.29) is 23.3 Å². The number of aryl methyl sites for hydroxylation is 1. The highest BCUT2D eigenvalue weighted by Crippen LogP contribution is 2.24. The molecule has 0 saturated heterocycles. The number of amides is 1. The van der Waals surface area contributed by atoms with Gasteiger partial charge in [-0.15, -0.1) is 0 Å². The lowest BCUT2D eigenvalue weighted by Crippen LogP contribution is -2.30. The van der Waals surface area contributed by atoms with E-state index in [2.05, 4.69) is 10.4 Å². The molecule has 1 aromatic heterocycles. The zero-order chi connectivity index (χ0) is 15.5. The van der Waals surface area contributed by atoms with E-state index in [1.807, 2.05) is 41.7 Å². The highest BCUT2D eigenvalue weighted by Gasteiger charge is 2.25. The predicted molar refractivity (Wildman–Crippen MR) is 79.7 cm³/mol. The van der Waals surface area contributed by atoms with Crippen molar-refractivity contribution in [3.05, 3.63) is 17.5 Å². The van der Waals surface area contributed by atoms with Crippen molar-refractivity contribution in [2.45, 2.75) is 52.6 Å². The molecule has 0 bridgehead atoms. The largest absolute Gasteiger partial charge is 0.393 e. The van der Waals surface area contributed by atoms with Gasteiger partial charge in [-0.1, -0.05) is 34.6 Å². The van der Waals surface area contributed by atoms with Crippen LogP contribution in [-0.4, -0.2) is 33.4 Å². The second-order valence-corrected chi connectivity index (χ2v) is 6.67. The summed E-state index contributed by atoms with van der Waals surface area (Å²) in [5, 5.41) is 17.0. The molecule has 1 unspecified atom stereocenters. The fraction of sp³-hybridized carbons (Fsp3) is 0.733. The second-order valence-electron chi connectivity index (χ2n) is 6.67. The van der Waals surface area contributed by atoms with Gasteiger partial charge in [-0.25, -0.2) is 0 Å². The van der Waals surface area contributed by atoms with Gasteiger partial charge in [0.15, 0.2) is 0 Å². The average molecular weight is 281 g/mol. The molecule has 5 nitrogen and oxygen atoms in total. The Bertz CT molecular complexity index is 458. The summed E-state index contributed by atoms with van der Waals surface area (Å²) in [7, 11) is 1.81. The Morgan fingerprint density at radius 2 is 2.05 bits per heavy atom. The van der Waals surface area contributed by atoms with Gasteiger partial charge in [-0.3, -0.25) is 9.48 Å². The first-order chi connectivity index (χ1) is 9.12. The summed E-state index contributed by atoms with van der Waals surface area (Å²) in [5.74, 6) is 0.0782. The lowest BCUT2D eigenvalue weighted by Gasteiger charge is -2.18. The minimum absolute atomic E-state index is 0.126. The molecule has 1 atom stereocenters. The summed E-state index contributed by atoms with van der Waals surface area (Å²) >= 11 is 0. The van der Waals surface area contributed by atoms with Gasteiger partial charge in [0.1, 0.15) is 0 Å². The van der Waals surface area contributed by atoms with E-state index in [9.17, 15) is 9.90 Å². The predicted octanol–water partition coefficient (Wildman–Crippen LogP) is 1.85. The van der Waals surface area contributed by atoms with Crippen LogP contribution < -0.4 is 5.32 Å². The van der Waals surface area contributed by atoms with Crippen LogP contribution in [0.4, 0.5) is 0 Å². The van der Waals surface area contributed by atoms with Crippen LogP contribution in [0.1, 0.15) is 57.1 Å². The Balaban J connectivity index is 2.69. The molecule has 0 aliphatic carbocycles.